The van der Waals surface area contributed by atoms with Gasteiger partial charge in [-0.15, -0.1) is 0 Å². The minimum atomic E-state index is 0.271. The van der Waals surface area contributed by atoms with Crippen molar-refractivity contribution < 1.29 is 9.53 Å². The Kier molecular flexibility index (Phi) is 9.06. The number of hydrogen-bond donors (Lipinski definition) is 0. The highest BCUT2D eigenvalue weighted by Gasteiger charge is 1.97. The average molecular weight is 189 g/mol. The van der Waals surface area contributed by atoms with Crippen LogP contribution in [0, 0.1) is 6.92 Å². The first-order valence-electron chi connectivity index (χ1n) is 4.33. The predicted octanol–water partition coefficient (Wildman–Crippen LogP) is 2.29. The summed E-state index contributed by atoms with van der Waals surface area (Å²) >= 11 is 1.40. The van der Waals surface area contributed by atoms with E-state index < -0.39 is 0 Å². The van der Waals surface area contributed by atoms with Gasteiger partial charge in [0.15, 0.2) is 5.12 Å². The van der Waals surface area contributed by atoms with Crippen LogP contribution in [0.1, 0.15) is 26.2 Å². The van der Waals surface area contributed by atoms with E-state index in [9.17, 15) is 4.79 Å². The molecule has 0 bridgehead atoms. The van der Waals surface area contributed by atoms with Gasteiger partial charge in [-0.3, -0.25) is 4.79 Å². The second-order valence-corrected chi connectivity index (χ2v) is 3.55. The molecule has 0 rings (SSSR count). The molecule has 0 aromatic carbocycles. The molecule has 0 aromatic rings. The van der Waals surface area contributed by atoms with E-state index in [1.165, 1.54) is 11.8 Å². The minimum absolute atomic E-state index is 0.271. The van der Waals surface area contributed by atoms with Crippen LogP contribution in [-0.4, -0.2) is 24.1 Å². The van der Waals surface area contributed by atoms with Crippen LogP contribution in [0.2, 0.25) is 0 Å². The van der Waals surface area contributed by atoms with Gasteiger partial charge in [-0.25, -0.2) is 0 Å². The normalized spacial score (nSPS) is 10.2. The smallest absolute Gasteiger partial charge is 0.188 e. The third-order valence-corrected chi connectivity index (χ3v) is 2.38. The summed E-state index contributed by atoms with van der Waals surface area (Å²) in [7, 11) is 0. The molecule has 0 spiro atoms. The largest absolute Gasteiger partial charge is 0.381 e. The quantitative estimate of drug-likeness (QED) is 0.575. The third kappa shape index (κ3) is 8.08. The Morgan fingerprint density at radius 3 is 2.83 bits per heavy atom. The lowest BCUT2D eigenvalue weighted by molar-refractivity contribution is -0.110. The van der Waals surface area contributed by atoms with Crippen LogP contribution in [-0.2, 0) is 9.53 Å². The van der Waals surface area contributed by atoms with Gasteiger partial charge in [0.1, 0.15) is 0 Å². The first kappa shape index (κ1) is 12.0. The zero-order valence-corrected chi connectivity index (χ0v) is 8.49. The van der Waals surface area contributed by atoms with Crippen molar-refractivity contribution in [3.63, 3.8) is 0 Å². The Hall–Kier alpha value is -0.0200. The predicted molar refractivity (Wildman–Crippen MR) is 53.2 cm³/mol. The zero-order chi connectivity index (χ0) is 9.23. The first-order valence-corrected chi connectivity index (χ1v) is 5.32. The summed E-state index contributed by atoms with van der Waals surface area (Å²) < 4.78 is 5.21. The maximum Gasteiger partial charge on any atom is 0.188 e. The van der Waals surface area contributed by atoms with Gasteiger partial charge in [-0.1, -0.05) is 25.6 Å². The molecule has 71 valence electrons. The molecule has 0 N–H and O–H groups in total. The first-order chi connectivity index (χ1) is 5.81. The van der Waals surface area contributed by atoms with E-state index in [0.29, 0.717) is 6.42 Å². The van der Waals surface area contributed by atoms with E-state index in [1.807, 2.05) is 6.92 Å². The number of rotatable bonds is 7. The Bertz CT molecular complexity index is 115. The summed E-state index contributed by atoms with van der Waals surface area (Å²) in [5.41, 5.74) is 0. The molecule has 0 aromatic heterocycles. The van der Waals surface area contributed by atoms with Crippen LogP contribution in [0.4, 0.5) is 0 Å². The second-order valence-electron chi connectivity index (χ2n) is 2.39. The SMILES string of the molecule is [CH2]CCOCCCSC(=O)CC. The van der Waals surface area contributed by atoms with Gasteiger partial charge in [0.05, 0.1) is 0 Å². The van der Waals surface area contributed by atoms with Gasteiger partial charge >= 0.3 is 0 Å². The molecule has 3 heteroatoms. The fourth-order valence-corrected chi connectivity index (χ4v) is 1.35. The lowest BCUT2D eigenvalue weighted by atomic mass is 10.5. The number of hydrogen-bond acceptors (Lipinski definition) is 3. The number of thioether (sulfide) groups is 1. The van der Waals surface area contributed by atoms with Gasteiger partial charge in [0, 0.05) is 25.4 Å². The second kappa shape index (κ2) is 9.07. The molecular formula is C9H17O2S. The Morgan fingerprint density at radius 1 is 1.50 bits per heavy atom. The van der Waals surface area contributed by atoms with E-state index in [1.54, 1.807) is 0 Å². The lowest BCUT2D eigenvalue weighted by Gasteiger charge is -2.00. The average Bonchev–Trinajstić information content (AvgIpc) is 2.10. The number of ether oxygens (including phenoxy) is 1. The maximum atomic E-state index is 10.8. The molecule has 0 fully saturated rings. The van der Waals surface area contributed by atoms with Gasteiger partial charge in [-0.05, 0) is 12.8 Å². The van der Waals surface area contributed by atoms with E-state index in [-0.39, 0.29) is 5.12 Å². The molecule has 0 saturated heterocycles. The van der Waals surface area contributed by atoms with Crippen molar-refractivity contribution in [1.82, 2.24) is 0 Å². The van der Waals surface area contributed by atoms with E-state index in [2.05, 4.69) is 6.92 Å². The maximum absolute atomic E-state index is 10.8. The summed E-state index contributed by atoms with van der Waals surface area (Å²) in [6.07, 6.45) is 2.40. The van der Waals surface area contributed by atoms with Crippen LogP contribution >= 0.6 is 11.8 Å². The van der Waals surface area contributed by atoms with Crippen molar-refractivity contribution in [3.05, 3.63) is 6.92 Å². The highest BCUT2D eigenvalue weighted by Crippen LogP contribution is 2.06. The summed E-state index contributed by atoms with van der Waals surface area (Å²) in [4.78, 5) is 10.8. The fraction of sp³-hybridized carbons (Fsp3) is 0.778. The molecule has 0 heterocycles. The van der Waals surface area contributed by atoms with E-state index >= 15 is 0 Å². The highest BCUT2D eigenvalue weighted by atomic mass is 32.2. The fourth-order valence-electron chi connectivity index (χ4n) is 0.653. The van der Waals surface area contributed by atoms with Crippen LogP contribution in [0.5, 0.6) is 0 Å². The number of carbonyl (C=O) groups is 1. The monoisotopic (exact) mass is 189 g/mol. The molecule has 0 aliphatic rings. The summed E-state index contributed by atoms with van der Waals surface area (Å²) in [6.45, 7) is 7.02. The molecule has 0 aliphatic carbocycles. The molecular weight excluding hydrogens is 172 g/mol. The minimum Gasteiger partial charge on any atom is -0.381 e. The molecule has 0 atom stereocenters. The summed E-state index contributed by atoms with van der Waals surface area (Å²) in [5.74, 6) is 0.879. The standard InChI is InChI=1S/C9H17O2S/c1-3-6-11-7-5-8-12-9(10)4-2/h1,3-8H2,2H3. The zero-order valence-electron chi connectivity index (χ0n) is 7.67. The van der Waals surface area contributed by atoms with Crippen LogP contribution < -0.4 is 0 Å². The highest BCUT2D eigenvalue weighted by molar-refractivity contribution is 8.13. The Labute approximate surface area is 79.1 Å². The third-order valence-electron chi connectivity index (χ3n) is 1.27. The summed E-state index contributed by atoms with van der Waals surface area (Å²) in [5, 5.41) is 0.271. The van der Waals surface area contributed by atoms with Gasteiger partial charge in [0.25, 0.3) is 0 Å². The van der Waals surface area contributed by atoms with Gasteiger partial charge < -0.3 is 4.74 Å². The molecule has 0 saturated carbocycles. The van der Waals surface area contributed by atoms with Crippen LogP contribution in [0.25, 0.3) is 0 Å². The molecule has 2 nitrogen and oxygen atoms in total. The Morgan fingerprint density at radius 2 is 2.25 bits per heavy atom. The van der Waals surface area contributed by atoms with Gasteiger partial charge in [0.2, 0.25) is 0 Å². The molecule has 1 radical (unpaired) electrons. The van der Waals surface area contributed by atoms with Crippen molar-refractivity contribution >= 4 is 16.9 Å². The molecule has 0 amide bonds. The van der Waals surface area contributed by atoms with Gasteiger partial charge in [-0.2, -0.15) is 0 Å². The molecule has 0 aliphatic heterocycles. The van der Waals surface area contributed by atoms with Crippen molar-refractivity contribution in [2.24, 2.45) is 0 Å². The van der Waals surface area contributed by atoms with E-state index in [4.69, 9.17) is 4.74 Å². The van der Waals surface area contributed by atoms with Crippen molar-refractivity contribution in [2.75, 3.05) is 19.0 Å². The van der Waals surface area contributed by atoms with Crippen molar-refractivity contribution in [1.29, 1.82) is 0 Å². The molecule has 12 heavy (non-hydrogen) atoms. The van der Waals surface area contributed by atoms with Crippen molar-refractivity contribution in [2.45, 2.75) is 26.2 Å². The lowest BCUT2D eigenvalue weighted by Crippen LogP contribution is -1.98. The molecule has 0 unspecified atom stereocenters. The van der Waals surface area contributed by atoms with E-state index in [0.717, 1.165) is 31.8 Å². The number of carbonyl (C=O) groups excluding carboxylic acids is 1. The van der Waals surface area contributed by atoms with Crippen LogP contribution in [0.15, 0.2) is 0 Å². The van der Waals surface area contributed by atoms with Crippen LogP contribution in [0.3, 0.4) is 0 Å². The topological polar surface area (TPSA) is 26.3 Å². The summed E-state index contributed by atoms with van der Waals surface area (Å²) in [6, 6.07) is 0. The van der Waals surface area contributed by atoms with Crippen molar-refractivity contribution in [3.8, 4) is 0 Å². The Balaban J connectivity index is 2.95.